The predicted octanol–water partition coefficient (Wildman–Crippen LogP) is 1.22. The molecule has 0 bridgehead atoms. The van der Waals surface area contributed by atoms with Gasteiger partial charge in [-0.15, -0.1) is 0 Å². The maximum atomic E-state index is 9.92. The summed E-state index contributed by atoms with van der Waals surface area (Å²) < 4.78 is 0. The SMILES string of the molecule is CC(N)/C(Cl)=C(\Cl)C=O. The van der Waals surface area contributed by atoms with Crippen LogP contribution in [0.15, 0.2) is 10.1 Å². The van der Waals surface area contributed by atoms with E-state index < -0.39 is 0 Å². The molecule has 4 heteroatoms. The summed E-state index contributed by atoms with van der Waals surface area (Å²) in [7, 11) is 0. The molecule has 0 aliphatic rings. The van der Waals surface area contributed by atoms with Gasteiger partial charge in [0.05, 0.1) is 10.1 Å². The van der Waals surface area contributed by atoms with Crippen LogP contribution >= 0.6 is 23.2 Å². The first-order chi connectivity index (χ1) is 4.09. The van der Waals surface area contributed by atoms with Crippen LogP contribution in [0.4, 0.5) is 0 Å². The molecule has 0 fully saturated rings. The van der Waals surface area contributed by atoms with Crippen molar-refractivity contribution in [1.29, 1.82) is 0 Å². The average Bonchev–Trinajstić information content (AvgIpc) is 1.84. The van der Waals surface area contributed by atoms with Gasteiger partial charge in [0.25, 0.3) is 0 Å². The highest BCUT2D eigenvalue weighted by Gasteiger charge is 2.04. The molecule has 0 amide bonds. The Bertz CT molecular complexity index is 142. The first kappa shape index (κ1) is 8.95. The Kier molecular flexibility index (Phi) is 3.86. The number of halogens is 2. The first-order valence-corrected chi connectivity index (χ1v) is 3.11. The summed E-state index contributed by atoms with van der Waals surface area (Å²) in [5.74, 6) is 0. The maximum absolute atomic E-state index is 9.92. The van der Waals surface area contributed by atoms with E-state index in [2.05, 4.69) is 0 Å². The van der Waals surface area contributed by atoms with Gasteiger partial charge in [0.1, 0.15) is 0 Å². The fourth-order valence-electron chi connectivity index (χ4n) is 0.274. The van der Waals surface area contributed by atoms with E-state index in [0.29, 0.717) is 6.29 Å². The predicted molar refractivity (Wildman–Crippen MR) is 38.4 cm³/mol. The summed E-state index contributed by atoms with van der Waals surface area (Å²) in [6.45, 7) is 1.65. The van der Waals surface area contributed by atoms with Crippen LogP contribution in [-0.4, -0.2) is 12.3 Å². The van der Waals surface area contributed by atoms with E-state index >= 15 is 0 Å². The Hall–Kier alpha value is -0.0500. The molecule has 0 aliphatic heterocycles. The van der Waals surface area contributed by atoms with E-state index in [4.69, 9.17) is 28.9 Å². The molecular formula is C5H7Cl2NO. The molecule has 2 N–H and O–H groups in total. The second-order valence-electron chi connectivity index (χ2n) is 1.60. The summed E-state index contributed by atoms with van der Waals surface area (Å²) in [4.78, 5) is 9.92. The van der Waals surface area contributed by atoms with Gasteiger partial charge in [-0.3, -0.25) is 4.79 Å². The quantitative estimate of drug-likeness (QED) is 0.497. The van der Waals surface area contributed by atoms with Crippen molar-refractivity contribution < 1.29 is 4.79 Å². The van der Waals surface area contributed by atoms with Gasteiger partial charge in [-0.2, -0.15) is 0 Å². The highest BCUT2D eigenvalue weighted by molar-refractivity contribution is 6.45. The smallest absolute Gasteiger partial charge is 0.162 e. The summed E-state index contributed by atoms with van der Waals surface area (Å²) in [6.07, 6.45) is 0.466. The monoisotopic (exact) mass is 167 g/mol. The van der Waals surface area contributed by atoms with Crippen LogP contribution in [0.3, 0.4) is 0 Å². The van der Waals surface area contributed by atoms with Gasteiger partial charge in [-0.25, -0.2) is 0 Å². The zero-order valence-electron chi connectivity index (χ0n) is 4.90. The van der Waals surface area contributed by atoms with Crippen LogP contribution in [0, 0.1) is 0 Å². The number of nitrogens with two attached hydrogens (primary N) is 1. The molecule has 9 heavy (non-hydrogen) atoms. The Morgan fingerprint density at radius 2 is 2.11 bits per heavy atom. The molecule has 2 nitrogen and oxygen atoms in total. The normalized spacial score (nSPS) is 16.4. The van der Waals surface area contributed by atoms with E-state index in [0.717, 1.165) is 0 Å². The van der Waals surface area contributed by atoms with Gasteiger partial charge in [0.2, 0.25) is 0 Å². The standard InChI is InChI=1S/C5H7Cl2NO/c1-3(8)5(7)4(6)2-9/h2-3H,8H2,1H3/b5-4+. The number of hydrogen-bond donors (Lipinski definition) is 1. The minimum Gasteiger partial charge on any atom is -0.323 e. The molecule has 52 valence electrons. The molecule has 0 aromatic heterocycles. The number of rotatable bonds is 2. The summed E-state index contributed by atoms with van der Waals surface area (Å²) in [5, 5.41) is 0.179. The minimum absolute atomic E-state index is 0.0216. The molecule has 0 radical (unpaired) electrons. The summed E-state index contributed by atoms with van der Waals surface area (Å²) in [5.41, 5.74) is 5.28. The van der Waals surface area contributed by atoms with Gasteiger partial charge < -0.3 is 5.73 Å². The molecule has 0 rings (SSSR count). The number of aldehydes is 1. The zero-order chi connectivity index (χ0) is 7.44. The number of carbonyl (C=O) groups excluding carboxylic acids is 1. The van der Waals surface area contributed by atoms with E-state index in [1.165, 1.54) is 0 Å². The van der Waals surface area contributed by atoms with E-state index in [9.17, 15) is 4.79 Å². The van der Waals surface area contributed by atoms with Crippen molar-refractivity contribution in [2.75, 3.05) is 0 Å². The van der Waals surface area contributed by atoms with Crippen molar-refractivity contribution in [3.05, 3.63) is 10.1 Å². The Balaban J connectivity index is 4.27. The first-order valence-electron chi connectivity index (χ1n) is 2.35. The molecular weight excluding hydrogens is 161 g/mol. The molecule has 0 spiro atoms. The molecule has 1 unspecified atom stereocenters. The molecule has 0 saturated heterocycles. The van der Waals surface area contributed by atoms with Crippen LogP contribution in [0.2, 0.25) is 0 Å². The van der Waals surface area contributed by atoms with Crippen LogP contribution in [0.1, 0.15) is 6.92 Å². The van der Waals surface area contributed by atoms with Gasteiger partial charge in [-0.05, 0) is 6.92 Å². The summed E-state index contributed by atoms with van der Waals surface area (Å²) in [6, 6.07) is -0.371. The van der Waals surface area contributed by atoms with Crippen LogP contribution in [-0.2, 0) is 4.79 Å². The molecule has 0 aliphatic carbocycles. The Morgan fingerprint density at radius 3 is 2.22 bits per heavy atom. The second kappa shape index (κ2) is 3.88. The van der Waals surface area contributed by atoms with Crippen molar-refractivity contribution in [2.45, 2.75) is 13.0 Å². The maximum Gasteiger partial charge on any atom is 0.162 e. The number of carbonyl (C=O) groups is 1. The summed E-state index contributed by atoms with van der Waals surface area (Å²) >= 11 is 10.8. The molecule has 1 atom stereocenters. The van der Waals surface area contributed by atoms with Crippen molar-refractivity contribution in [3.8, 4) is 0 Å². The second-order valence-corrected chi connectivity index (χ2v) is 2.42. The third kappa shape index (κ3) is 2.84. The van der Waals surface area contributed by atoms with Crippen molar-refractivity contribution >= 4 is 29.5 Å². The molecule has 0 aromatic carbocycles. The lowest BCUT2D eigenvalue weighted by Crippen LogP contribution is -2.15. The molecule has 0 heterocycles. The van der Waals surface area contributed by atoms with Crippen LogP contribution in [0.25, 0.3) is 0 Å². The zero-order valence-corrected chi connectivity index (χ0v) is 6.41. The lowest BCUT2D eigenvalue weighted by molar-refractivity contribution is -0.104. The van der Waals surface area contributed by atoms with Gasteiger partial charge in [0.15, 0.2) is 6.29 Å². The third-order valence-electron chi connectivity index (χ3n) is 0.731. The molecule has 0 aromatic rings. The average molecular weight is 168 g/mol. The highest BCUT2D eigenvalue weighted by Crippen LogP contribution is 2.13. The van der Waals surface area contributed by atoms with Crippen molar-refractivity contribution in [3.63, 3.8) is 0 Å². The van der Waals surface area contributed by atoms with E-state index in [1.807, 2.05) is 0 Å². The fraction of sp³-hybridized carbons (Fsp3) is 0.400. The number of allylic oxidation sites excluding steroid dienone is 1. The molecule has 0 saturated carbocycles. The lowest BCUT2D eigenvalue weighted by atomic mass is 10.3. The van der Waals surface area contributed by atoms with Gasteiger partial charge in [0, 0.05) is 6.04 Å². The lowest BCUT2D eigenvalue weighted by Gasteiger charge is -2.00. The van der Waals surface area contributed by atoms with Gasteiger partial charge in [-0.1, -0.05) is 23.2 Å². The van der Waals surface area contributed by atoms with Crippen LogP contribution in [0.5, 0.6) is 0 Å². The largest absolute Gasteiger partial charge is 0.323 e. The van der Waals surface area contributed by atoms with Gasteiger partial charge >= 0.3 is 0 Å². The highest BCUT2D eigenvalue weighted by atomic mass is 35.5. The Morgan fingerprint density at radius 1 is 1.67 bits per heavy atom. The van der Waals surface area contributed by atoms with Crippen molar-refractivity contribution in [2.24, 2.45) is 5.73 Å². The van der Waals surface area contributed by atoms with Crippen LogP contribution < -0.4 is 5.73 Å². The fourth-order valence-corrected chi connectivity index (χ4v) is 0.490. The Labute approximate surface area is 63.6 Å². The third-order valence-corrected chi connectivity index (χ3v) is 1.67. The number of hydrogen-bond acceptors (Lipinski definition) is 2. The van der Waals surface area contributed by atoms with Crippen molar-refractivity contribution in [1.82, 2.24) is 0 Å². The van der Waals surface area contributed by atoms with E-state index in [1.54, 1.807) is 6.92 Å². The van der Waals surface area contributed by atoms with E-state index in [-0.39, 0.29) is 16.1 Å². The minimum atomic E-state index is -0.371. The topological polar surface area (TPSA) is 43.1 Å².